The molecule has 3 rings (SSSR count). The number of aryl methyl sites for hydroxylation is 1. The van der Waals surface area contributed by atoms with E-state index in [0.717, 1.165) is 25.0 Å². The van der Waals surface area contributed by atoms with E-state index in [-0.39, 0.29) is 11.6 Å². The lowest BCUT2D eigenvalue weighted by Gasteiger charge is -2.23. The molecule has 3 N–H and O–H groups in total. The van der Waals surface area contributed by atoms with Crippen molar-refractivity contribution < 1.29 is 9.90 Å². The van der Waals surface area contributed by atoms with Gasteiger partial charge in [0.25, 0.3) is 0 Å². The maximum atomic E-state index is 11.1. The van der Waals surface area contributed by atoms with Crippen LogP contribution in [0, 0.1) is 0 Å². The number of anilines is 1. The summed E-state index contributed by atoms with van der Waals surface area (Å²) in [5.74, 6) is -0.531. The first-order valence-electron chi connectivity index (χ1n) is 6.20. The summed E-state index contributed by atoms with van der Waals surface area (Å²) in [6.45, 7) is 0. The molecule has 2 aromatic rings. The van der Waals surface area contributed by atoms with Crippen LogP contribution < -0.4 is 5.32 Å². The third-order valence-corrected chi connectivity index (χ3v) is 3.40. The molecule has 2 heterocycles. The van der Waals surface area contributed by atoms with Crippen LogP contribution in [-0.4, -0.2) is 32.3 Å². The minimum Gasteiger partial charge on any atom is -0.478 e. The van der Waals surface area contributed by atoms with Crippen LogP contribution in [0.25, 0.3) is 0 Å². The van der Waals surface area contributed by atoms with Gasteiger partial charge in [0, 0.05) is 24.4 Å². The maximum absolute atomic E-state index is 11.1. The Bertz CT molecular complexity index is 608. The fourth-order valence-electron chi connectivity index (χ4n) is 2.42. The first-order chi connectivity index (χ1) is 9.24. The van der Waals surface area contributed by atoms with Gasteiger partial charge in [-0.3, -0.25) is 5.10 Å². The monoisotopic (exact) mass is 258 g/mol. The highest BCUT2D eigenvalue weighted by atomic mass is 16.4. The molecule has 6 nitrogen and oxygen atoms in total. The van der Waals surface area contributed by atoms with E-state index >= 15 is 0 Å². The van der Waals surface area contributed by atoms with E-state index in [9.17, 15) is 4.79 Å². The predicted octanol–water partition coefficient (Wildman–Crippen LogP) is 1.47. The van der Waals surface area contributed by atoms with Gasteiger partial charge in [-0.15, -0.1) is 0 Å². The topological polar surface area (TPSA) is 90.9 Å². The Morgan fingerprint density at radius 2 is 2.42 bits per heavy atom. The number of aromatic amines is 1. The Hall–Kier alpha value is -2.37. The molecule has 19 heavy (non-hydrogen) atoms. The number of hydrogen-bond acceptors (Lipinski definition) is 4. The van der Waals surface area contributed by atoms with Crippen molar-refractivity contribution in [1.29, 1.82) is 0 Å². The molecule has 1 atom stereocenters. The summed E-state index contributed by atoms with van der Waals surface area (Å²) >= 11 is 0. The molecular weight excluding hydrogens is 244 g/mol. The highest BCUT2D eigenvalue weighted by Gasteiger charge is 2.21. The van der Waals surface area contributed by atoms with Crippen molar-refractivity contribution >= 4 is 11.8 Å². The largest absolute Gasteiger partial charge is 0.478 e. The normalized spacial score (nSPS) is 17.8. The van der Waals surface area contributed by atoms with E-state index in [1.165, 1.54) is 5.56 Å². The molecule has 98 valence electrons. The van der Waals surface area contributed by atoms with E-state index in [0.29, 0.717) is 5.82 Å². The average Bonchev–Trinajstić information content (AvgIpc) is 2.86. The molecule has 1 unspecified atom stereocenters. The fourth-order valence-corrected chi connectivity index (χ4v) is 2.42. The van der Waals surface area contributed by atoms with Crippen molar-refractivity contribution in [3.63, 3.8) is 0 Å². The molecule has 6 heteroatoms. The van der Waals surface area contributed by atoms with Gasteiger partial charge >= 0.3 is 5.97 Å². The molecule has 2 aromatic heterocycles. The number of nitrogens with zero attached hydrogens (tertiary/aromatic N) is 2. The van der Waals surface area contributed by atoms with Crippen LogP contribution in [0.15, 0.2) is 24.5 Å². The summed E-state index contributed by atoms with van der Waals surface area (Å²) in [5.41, 5.74) is 2.58. The number of aromatic carboxylic acids is 1. The summed E-state index contributed by atoms with van der Waals surface area (Å²) in [6, 6.07) is 3.37. The zero-order valence-corrected chi connectivity index (χ0v) is 10.3. The van der Waals surface area contributed by atoms with Crippen molar-refractivity contribution in [2.45, 2.75) is 25.3 Å². The van der Waals surface area contributed by atoms with Crippen molar-refractivity contribution in [2.75, 3.05) is 5.32 Å². The number of rotatable bonds is 3. The van der Waals surface area contributed by atoms with Crippen LogP contribution in [0.5, 0.6) is 0 Å². The number of nitrogens with one attached hydrogen (secondary N) is 2. The van der Waals surface area contributed by atoms with Gasteiger partial charge < -0.3 is 10.4 Å². The Kier molecular flexibility index (Phi) is 2.91. The van der Waals surface area contributed by atoms with Gasteiger partial charge in [0.15, 0.2) is 0 Å². The van der Waals surface area contributed by atoms with Gasteiger partial charge in [0.2, 0.25) is 0 Å². The third-order valence-electron chi connectivity index (χ3n) is 3.40. The predicted molar refractivity (Wildman–Crippen MR) is 69.2 cm³/mol. The number of carbonyl (C=O) groups is 1. The van der Waals surface area contributed by atoms with E-state index < -0.39 is 5.97 Å². The number of carboxylic acids is 1. The van der Waals surface area contributed by atoms with Crippen LogP contribution in [0.3, 0.4) is 0 Å². The highest BCUT2D eigenvalue weighted by molar-refractivity contribution is 5.93. The molecular formula is C13H14N4O2. The lowest BCUT2D eigenvalue weighted by molar-refractivity contribution is 0.0697. The summed E-state index contributed by atoms with van der Waals surface area (Å²) in [6.07, 6.45) is 6.15. The average molecular weight is 258 g/mol. The van der Waals surface area contributed by atoms with Gasteiger partial charge in [0.05, 0.1) is 6.20 Å². The lowest BCUT2D eigenvalue weighted by Crippen LogP contribution is -2.28. The molecule has 0 bridgehead atoms. The molecule has 0 aliphatic heterocycles. The van der Waals surface area contributed by atoms with Gasteiger partial charge in [-0.2, -0.15) is 5.10 Å². The number of fused-ring (bicyclic) bond motifs is 1. The second kappa shape index (κ2) is 4.72. The minimum atomic E-state index is -0.964. The summed E-state index contributed by atoms with van der Waals surface area (Å²) in [7, 11) is 0. The minimum absolute atomic E-state index is 0.181. The second-order valence-electron chi connectivity index (χ2n) is 4.66. The zero-order chi connectivity index (χ0) is 13.2. The number of H-pyrrole nitrogens is 1. The number of pyridine rings is 1. The second-order valence-corrected chi connectivity index (χ2v) is 4.66. The standard InChI is InChI=1S/C13H14N4O2/c18-13(19)10-2-1-5-14-12(10)16-9-4-3-8-7-15-17-11(8)6-9/h1-2,5,7,9H,3-4,6H2,(H,14,16)(H,15,17)(H,18,19). The van der Waals surface area contributed by atoms with Gasteiger partial charge in [-0.05, 0) is 30.5 Å². The quantitative estimate of drug-likeness (QED) is 0.775. The zero-order valence-electron chi connectivity index (χ0n) is 10.3. The van der Waals surface area contributed by atoms with Crippen LogP contribution in [0.4, 0.5) is 5.82 Å². The Labute approximate surface area is 109 Å². The van der Waals surface area contributed by atoms with Gasteiger partial charge in [-0.1, -0.05) is 0 Å². The molecule has 0 radical (unpaired) electrons. The molecule has 0 aromatic carbocycles. The molecule has 0 saturated carbocycles. The number of hydrogen-bond donors (Lipinski definition) is 3. The van der Waals surface area contributed by atoms with E-state index in [2.05, 4.69) is 20.5 Å². The van der Waals surface area contributed by atoms with Gasteiger partial charge in [-0.25, -0.2) is 9.78 Å². The molecule has 1 aliphatic rings. The Balaban J connectivity index is 1.78. The SMILES string of the molecule is O=C(O)c1cccnc1NC1CCc2cn[nH]c2C1. The highest BCUT2D eigenvalue weighted by Crippen LogP contribution is 2.22. The van der Waals surface area contributed by atoms with Gasteiger partial charge in [0.1, 0.15) is 11.4 Å². The molecule has 0 fully saturated rings. The van der Waals surface area contributed by atoms with Crippen molar-refractivity contribution in [2.24, 2.45) is 0 Å². The first-order valence-corrected chi connectivity index (χ1v) is 6.20. The molecule has 0 amide bonds. The van der Waals surface area contributed by atoms with E-state index in [4.69, 9.17) is 5.11 Å². The van der Waals surface area contributed by atoms with E-state index in [1.807, 2.05) is 6.20 Å². The Morgan fingerprint density at radius 3 is 3.26 bits per heavy atom. The summed E-state index contributed by atoms with van der Waals surface area (Å²) < 4.78 is 0. The summed E-state index contributed by atoms with van der Waals surface area (Å²) in [4.78, 5) is 15.2. The van der Waals surface area contributed by atoms with Crippen molar-refractivity contribution in [1.82, 2.24) is 15.2 Å². The maximum Gasteiger partial charge on any atom is 0.339 e. The van der Waals surface area contributed by atoms with Crippen molar-refractivity contribution in [3.05, 3.63) is 41.3 Å². The van der Waals surface area contributed by atoms with Crippen LogP contribution in [0.1, 0.15) is 28.0 Å². The Morgan fingerprint density at radius 1 is 1.53 bits per heavy atom. The van der Waals surface area contributed by atoms with Crippen LogP contribution >= 0.6 is 0 Å². The first kappa shape index (κ1) is 11.7. The van der Waals surface area contributed by atoms with E-state index in [1.54, 1.807) is 18.3 Å². The number of carboxylic acid groups (broad SMARTS) is 1. The molecule has 1 aliphatic carbocycles. The number of aromatic nitrogens is 3. The fraction of sp³-hybridized carbons (Fsp3) is 0.308. The smallest absolute Gasteiger partial charge is 0.339 e. The van der Waals surface area contributed by atoms with Crippen molar-refractivity contribution in [3.8, 4) is 0 Å². The summed E-state index contributed by atoms with van der Waals surface area (Å²) in [5, 5.41) is 19.4. The third kappa shape index (κ3) is 2.29. The lowest BCUT2D eigenvalue weighted by atomic mass is 9.93. The van der Waals surface area contributed by atoms with Crippen LogP contribution in [0.2, 0.25) is 0 Å². The molecule has 0 saturated heterocycles. The molecule has 0 spiro atoms. The van der Waals surface area contributed by atoms with Crippen LogP contribution in [-0.2, 0) is 12.8 Å².